The van der Waals surface area contributed by atoms with Crippen molar-refractivity contribution in [3.8, 4) is 33.4 Å². The molecule has 0 atom stereocenters. The van der Waals surface area contributed by atoms with E-state index in [-0.39, 0.29) is 5.41 Å². The van der Waals surface area contributed by atoms with Crippen molar-refractivity contribution in [3.63, 3.8) is 0 Å². The Bertz CT molecular complexity index is 2640. The van der Waals surface area contributed by atoms with Crippen LogP contribution in [-0.4, -0.2) is 0 Å². The lowest BCUT2D eigenvalue weighted by atomic mass is 9.69. The summed E-state index contributed by atoms with van der Waals surface area (Å²) < 4.78 is 0. The molecule has 0 unspecified atom stereocenters. The van der Waals surface area contributed by atoms with E-state index < -0.39 is 0 Å². The van der Waals surface area contributed by atoms with E-state index in [0.29, 0.717) is 0 Å². The first-order chi connectivity index (χ1) is 33.2. The second kappa shape index (κ2) is 20.6. The van der Waals surface area contributed by atoms with E-state index in [1.165, 1.54) is 231 Å². The molecule has 0 nitrogen and oxygen atoms in total. The summed E-state index contributed by atoms with van der Waals surface area (Å²) in [6, 6.07) is 56.6. The highest BCUT2D eigenvalue weighted by atomic mass is 14.5. The van der Waals surface area contributed by atoms with E-state index in [9.17, 15) is 0 Å². The molecule has 0 bridgehead atoms. The van der Waals surface area contributed by atoms with Gasteiger partial charge in [0, 0.05) is 5.41 Å². The summed E-state index contributed by atoms with van der Waals surface area (Å²) in [5.74, 6) is 1.99. The van der Waals surface area contributed by atoms with Gasteiger partial charge < -0.3 is 0 Å². The number of rotatable bonds is 18. The van der Waals surface area contributed by atoms with Gasteiger partial charge in [0.2, 0.25) is 0 Å². The first-order valence-electron chi connectivity index (χ1n) is 27.3. The van der Waals surface area contributed by atoms with Crippen molar-refractivity contribution in [2.24, 2.45) is 11.8 Å². The van der Waals surface area contributed by atoms with Gasteiger partial charge in [-0.3, -0.25) is 0 Å². The van der Waals surface area contributed by atoms with Crippen LogP contribution in [0, 0.1) is 11.8 Å². The summed E-state index contributed by atoms with van der Waals surface area (Å²) in [6.07, 6.45) is 33.7. The lowest BCUT2D eigenvalue weighted by Gasteiger charge is -2.34. The second-order valence-corrected chi connectivity index (χ2v) is 21.6. The van der Waals surface area contributed by atoms with Crippen LogP contribution < -0.4 is 0 Å². The fourth-order valence-corrected chi connectivity index (χ4v) is 13.9. The fraction of sp³-hybridized carbons (Fsp3) is 0.403. The van der Waals surface area contributed by atoms with E-state index in [4.69, 9.17) is 0 Å². The Hall–Kier alpha value is -5.20. The summed E-state index contributed by atoms with van der Waals surface area (Å²) in [5.41, 5.74) is 11.6. The zero-order chi connectivity index (χ0) is 44.8. The molecule has 0 aromatic heterocycles. The van der Waals surface area contributed by atoms with Crippen LogP contribution in [0.4, 0.5) is 0 Å². The van der Waals surface area contributed by atoms with Crippen LogP contribution in [0.25, 0.3) is 76.5 Å². The number of fused-ring (bicyclic) bond motifs is 7. The minimum absolute atomic E-state index is 0.0400. The number of benzene rings is 8. The summed E-state index contributed by atoms with van der Waals surface area (Å²) in [5, 5.41) is 10.7. The second-order valence-electron chi connectivity index (χ2n) is 21.6. The molecular formula is C67H74. The maximum Gasteiger partial charge on any atom is 0.0215 e. The van der Waals surface area contributed by atoms with Gasteiger partial charge in [-0.05, 0) is 137 Å². The highest BCUT2D eigenvalue weighted by Gasteiger charge is 2.43. The molecule has 0 radical (unpaired) electrons. The third kappa shape index (κ3) is 9.24. The van der Waals surface area contributed by atoms with Crippen molar-refractivity contribution in [1.29, 1.82) is 0 Å². The van der Waals surface area contributed by atoms with Gasteiger partial charge in [0.1, 0.15) is 0 Å². The third-order valence-electron chi connectivity index (χ3n) is 17.4. The normalized spacial score (nSPS) is 16.3. The summed E-state index contributed by atoms with van der Waals surface area (Å²) >= 11 is 0. The van der Waals surface area contributed by atoms with Crippen LogP contribution in [0.2, 0.25) is 0 Å². The highest BCUT2D eigenvalue weighted by molar-refractivity contribution is 6.14. The Balaban J connectivity index is 0.986. The molecule has 8 aromatic rings. The number of hydrogen-bond donors (Lipinski definition) is 0. The summed E-state index contributed by atoms with van der Waals surface area (Å²) in [4.78, 5) is 0. The molecule has 3 aliphatic rings. The molecule has 2 fully saturated rings. The molecule has 0 N–H and O–H groups in total. The molecule has 0 heteroatoms. The predicted octanol–water partition coefficient (Wildman–Crippen LogP) is 20.5. The average molecular weight is 879 g/mol. The minimum Gasteiger partial charge on any atom is -0.0616 e. The van der Waals surface area contributed by atoms with Crippen molar-refractivity contribution in [2.75, 3.05) is 0 Å². The van der Waals surface area contributed by atoms with Gasteiger partial charge in [-0.2, -0.15) is 0 Å². The Labute approximate surface area is 402 Å². The van der Waals surface area contributed by atoms with Crippen molar-refractivity contribution in [2.45, 2.75) is 160 Å². The lowest BCUT2D eigenvalue weighted by Crippen LogP contribution is -2.25. The van der Waals surface area contributed by atoms with Crippen LogP contribution >= 0.6 is 0 Å². The van der Waals surface area contributed by atoms with Gasteiger partial charge in [0.25, 0.3) is 0 Å². The van der Waals surface area contributed by atoms with Crippen molar-refractivity contribution in [1.82, 2.24) is 0 Å². The topological polar surface area (TPSA) is 0 Å². The van der Waals surface area contributed by atoms with Gasteiger partial charge in [0.05, 0.1) is 0 Å². The Kier molecular flexibility index (Phi) is 13.6. The quantitative estimate of drug-likeness (QED) is 0.0595. The zero-order valence-electron chi connectivity index (χ0n) is 40.5. The van der Waals surface area contributed by atoms with Crippen molar-refractivity contribution >= 4 is 43.1 Å². The maximum atomic E-state index is 2.70. The lowest BCUT2D eigenvalue weighted by molar-refractivity contribution is 0.326. The van der Waals surface area contributed by atoms with E-state index in [1.54, 1.807) is 11.1 Å². The molecule has 0 heterocycles. The Morgan fingerprint density at radius 1 is 0.328 bits per heavy atom. The first-order valence-corrected chi connectivity index (χ1v) is 27.3. The van der Waals surface area contributed by atoms with E-state index >= 15 is 0 Å². The number of hydrogen-bond acceptors (Lipinski definition) is 0. The molecule has 11 rings (SSSR count). The molecular weight excluding hydrogens is 805 g/mol. The Morgan fingerprint density at radius 2 is 0.672 bits per heavy atom. The van der Waals surface area contributed by atoms with Crippen LogP contribution in [0.3, 0.4) is 0 Å². The smallest absolute Gasteiger partial charge is 0.0215 e. The Morgan fingerprint density at radius 3 is 1.06 bits per heavy atom. The van der Waals surface area contributed by atoms with Crippen LogP contribution in [0.15, 0.2) is 146 Å². The standard InChI is InChI=1S/C67H74/c1(3-9-25-49-27-11-7-12-28-49)5-23-43-67(44-24-6-2-4-10-26-50-29-13-8-14-30-50)63-47-55(65-57-35-19-15-31-51(57)45-52-32-16-20-36-58(52)65)39-41-61(63)62-42-40-56(48-64(62)67)66-59-37-21-17-33-53(59)46-54-34-18-22-38-60(54)66/h15-22,31-42,45-50H,1-14,23-30,43-44H2. The molecule has 2 saturated carbocycles. The largest absolute Gasteiger partial charge is 0.0616 e. The SMILES string of the molecule is c1ccc2c(-c3ccc4c(c3)C(CCCCCCCC3CCCCC3)(CCCCCCCC3CCCCC3)c3cc(-c5c6ccccc6cc6ccccc56)ccc3-4)c3ccccc3cc2c1. The third-order valence-corrected chi connectivity index (χ3v) is 17.4. The van der Waals surface area contributed by atoms with Gasteiger partial charge in [0.15, 0.2) is 0 Å². The molecule has 0 aliphatic heterocycles. The van der Waals surface area contributed by atoms with E-state index in [1.807, 2.05) is 0 Å². The molecule has 8 aromatic carbocycles. The van der Waals surface area contributed by atoms with Gasteiger partial charge in [-0.15, -0.1) is 0 Å². The first kappa shape index (κ1) is 44.3. The molecule has 67 heavy (non-hydrogen) atoms. The van der Waals surface area contributed by atoms with Crippen LogP contribution in [0.1, 0.15) is 165 Å². The van der Waals surface area contributed by atoms with Crippen molar-refractivity contribution < 1.29 is 0 Å². The molecule has 0 saturated heterocycles. The highest BCUT2D eigenvalue weighted by Crippen LogP contribution is 2.57. The molecule has 0 amide bonds. The molecule has 3 aliphatic carbocycles. The van der Waals surface area contributed by atoms with Gasteiger partial charge >= 0.3 is 0 Å². The minimum atomic E-state index is -0.0400. The van der Waals surface area contributed by atoms with E-state index in [2.05, 4.69) is 146 Å². The summed E-state index contributed by atoms with van der Waals surface area (Å²) in [6.45, 7) is 0. The summed E-state index contributed by atoms with van der Waals surface area (Å²) in [7, 11) is 0. The van der Waals surface area contributed by atoms with Crippen LogP contribution in [0.5, 0.6) is 0 Å². The molecule has 342 valence electrons. The molecule has 0 spiro atoms. The number of unbranched alkanes of at least 4 members (excludes halogenated alkanes) is 8. The zero-order valence-corrected chi connectivity index (χ0v) is 40.5. The van der Waals surface area contributed by atoms with E-state index in [0.717, 1.165) is 11.8 Å². The monoisotopic (exact) mass is 879 g/mol. The predicted molar refractivity (Wildman–Crippen MR) is 291 cm³/mol. The fourth-order valence-electron chi connectivity index (χ4n) is 13.9. The van der Waals surface area contributed by atoms with Crippen LogP contribution in [-0.2, 0) is 5.41 Å². The van der Waals surface area contributed by atoms with Crippen molar-refractivity contribution in [3.05, 3.63) is 157 Å². The van der Waals surface area contributed by atoms with Gasteiger partial charge in [-0.1, -0.05) is 263 Å². The average Bonchev–Trinajstić information content (AvgIpc) is 3.64. The maximum absolute atomic E-state index is 2.70. The van der Waals surface area contributed by atoms with Gasteiger partial charge in [-0.25, -0.2) is 0 Å².